The van der Waals surface area contributed by atoms with Crippen molar-refractivity contribution in [3.05, 3.63) is 60.6 Å². The largest absolute Gasteiger partial charge is 0.364 e. The second kappa shape index (κ2) is 9.70. The number of fused-ring (bicyclic) bond motifs is 1. The molecule has 1 amide bonds. The van der Waals surface area contributed by atoms with Crippen molar-refractivity contribution in [2.24, 2.45) is 0 Å². The Morgan fingerprint density at radius 1 is 1.03 bits per heavy atom. The third kappa shape index (κ3) is 5.64. The second-order valence-electron chi connectivity index (χ2n) is 10.5. The van der Waals surface area contributed by atoms with Crippen LogP contribution >= 0.6 is 0 Å². The lowest BCUT2D eigenvalue weighted by molar-refractivity contribution is 0.102. The van der Waals surface area contributed by atoms with E-state index in [1.807, 2.05) is 30.3 Å². The van der Waals surface area contributed by atoms with Gasteiger partial charge in [0.15, 0.2) is 5.82 Å². The molecule has 1 fully saturated rings. The summed E-state index contributed by atoms with van der Waals surface area (Å²) in [5.41, 5.74) is 2.75. The summed E-state index contributed by atoms with van der Waals surface area (Å²) >= 11 is 0. The van der Waals surface area contributed by atoms with Crippen molar-refractivity contribution in [1.29, 1.82) is 0 Å². The highest BCUT2D eigenvalue weighted by Crippen LogP contribution is 2.25. The molecule has 1 aliphatic rings. The molecule has 0 unspecified atom stereocenters. The Labute approximate surface area is 216 Å². The topological polar surface area (TPSA) is 112 Å². The number of nitrogens with one attached hydrogen (secondary N) is 2. The van der Waals surface area contributed by atoms with Crippen LogP contribution in [0.2, 0.25) is 0 Å². The van der Waals surface area contributed by atoms with Crippen molar-refractivity contribution in [3.8, 4) is 11.3 Å². The maximum atomic E-state index is 13.0. The molecule has 0 saturated carbocycles. The lowest BCUT2D eigenvalue weighted by atomic mass is 10.1. The molecular formula is C27H31N9O. The summed E-state index contributed by atoms with van der Waals surface area (Å²) < 4.78 is 0. The fourth-order valence-electron chi connectivity index (χ4n) is 4.11. The van der Waals surface area contributed by atoms with Crippen molar-refractivity contribution in [2.45, 2.75) is 32.4 Å². The van der Waals surface area contributed by atoms with Crippen LogP contribution in [-0.4, -0.2) is 74.7 Å². The molecule has 3 aromatic heterocycles. The van der Waals surface area contributed by atoms with Gasteiger partial charge >= 0.3 is 0 Å². The maximum Gasteiger partial charge on any atom is 0.257 e. The van der Waals surface area contributed by atoms with Crippen molar-refractivity contribution >= 4 is 34.3 Å². The Hall–Kier alpha value is -4.18. The molecule has 0 radical (unpaired) electrons. The number of likely N-dealkylation sites (N-methyl/N-ethyl adjacent to an activating group) is 1. The predicted molar refractivity (Wildman–Crippen MR) is 146 cm³/mol. The summed E-state index contributed by atoms with van der Waals surface area (Å²) in [5.74, 6) is 1.62. The van der Waals surface area contributed by atoms with Gasteiger partial charge in [0.25, 0.3) is 5.91 Å². The first kappa shape index (κ1) is 24.5. The summed E-state index contributed by atoms with van der Waals surface area (Å²) in [6.45, 7) is 8.00. The Morgan fingerprint density at radius 2 is 1.84 bits per heavy atom. The average Bonchev–Trinajstić information content (AvgIpc) is 2.82. The number of hydrogen-bond acceptors (Lipinski definition) is 9. The minimum atomic E-state index is -0.259. The van der Waals surface area contributed by atoms with E-state index in [4.69, 9.17) is 4.98 Å². The Bertz CT molecular complexity index is 1440. The third-order valence-electron chi connectivity index (χ3n) is 6.18. The van der Waals surface area contributed by atoms with Crippen LogP contribution in [0.5, 0.6) is 0 Å². The summed E-state index contributed by atoms with van der Waals surface area (Å²) in [6.07, 6.45) is 5.10. The summed E-state index contributed by atoms with van der Waals surface area (Å²) in [7, 11) is 4.14. The predicted octanol–water partition coefficient (Wildman–Crippen LogP) is 3.69. The second-order valence-corrected chi connectivity index (χ2v) is 10.5. The number of carbonyl (C=O) groups is 1. The molecule has 0 bridgehead atoms. The van der Waals surface area contributed by atoms with E-state index in [1.54, 1.807) is 24.7 Å². The van der Waals surface area contributed by atoms with Gasteiger partial charge in [-0.25, -0.2) is 9.97 Å². The van der Waals surface area contributed by atoms with E-state index in [0.717, 1.165) is 41.1 Å². The van der Waals surface area contributed by atoms with Crippen LogP contribution in [0.4, 0.5) is 17.5 Å². The fourth-order valence-corrected chi connectivity index (χ4v) is 4.11. The molecule has 4 aromatic rings. The van der Waals surface area contributed by atoms with Gasteiger partial charge in [-0.1, -0.05) is 6.07 Å². The van der Waals surface area contributed by atoms with Gasteiger partial charge in [-0.05, 0) is 65.2 Å². The minimum Gasteiger partial charge on any atom is -0.364 e. The van der Waals surface area contributed by atoms with Gasteiger partial charge in [-0.3, -0.25) is 9.78 Å². The van der Waals surface area contributed by atoms with Crippen LogP contribution < -0.4 is 15.5 Å². The summed E-state index contributed by atoms with van der Waals surface area (Å²) in [5, 5.41) is 15.5. The summed E-state index contributed by atoms with van der Waals surface area (Å²) in [4.78, 5) is 30.8. The van der Waals surface area contributed by atoms with Crippen LogP contribution in [-0.2, 0) is 0 Å². The number of amides is 1. The molecule has 2 N–H and O–H groups in total. The molecule has 1 saturated heterocycles. The van der Waals surface area contributed by atoms with Gasteiger partial charge in [0.2, 0.25) is 0 Å². The Kier molecular flexibility index (Phi) is 6.43. The van der Waals surface area contributed by atoms with Gasteiger partial charge in [0, 0.05) is 47.4 Å². The normalized spacial score (nSPS) is 14.1. The quantitative estimate of drug-likeness (QED) is 0.412. The Morgan fingerprint density at radius 3 is 2.59 bits per heavy atom. The van der Waals surface area contributed by atoms with Crippen LogP contribution in [0, 0.1) is 0 Å². The first-order valence-electron chi connectivity index (χ1n) is 12.2. The molecule has 0 aliphatic carbocycles. The van der Waals surface area contributed by atoms with Crippen LogP contribution in [0.3, 0.4) is 0 Å². The zero-order chi connectivity index (χ0) is 26.2. The first-order chi connectivity index (χ1) is 17.6. The summed E-state index contributed by atoms with van der Waals surface area (Å²) in [6, 6.07) is 11.6. The van der Waals surface area contributed by atoms with Crippen molar-refractivity contribution in [2.75, 3.05) is 42.7 Å². The number of rotatable bonds is 6. The molecular weight excluding hydrogens is 466 g/mol. The highest BCUT2D eigenvalue weighted by Gasteiger charge is 2.29. The molecule has 37 heavy (non-hydrogen) atoms. The van der Waals surface area contributed by atoms with E-state index in [-0.39, 0.29) is 11.4 Å². The highest BCUT2D eigenvalue weighted by molar-refractivity contribution is 6.04. The average molecular weight is 498 g/mol. The van der Waals surface area contributed by atoms with E-state index in [0.29, 0.717) is 23.2 Å². The molecule has 5 rings (SSSR count). The van der Waals surface area contributed by atoms with Crippen molar-refractivity contribution in [1.82, 2.24) is 30.0 Å². The smallest absolute Gasteiger partial charge is 0.257 e. The highest BCUT2D eigenvalue weighted by atomic mass is 16.1. The van der Waals surface area contributed by atoms with Crippen molar-refractivity contribution in [3.63, 3.8) is 0 Å². The molecule has 190 valence electrons. The maximum absolute atomic E-state index is 13.0. The van der Waals surface area contributed by atoms with Crippen LogP contribution in [0.15, 0.2) is 55.0 Å². The standard InChI is InChI=1S/C27H31N9O/c1-27(2,3)32-24-14-28-13-22(30-24)17-6-7-21-19(10-17)11-23(34-33-21)31-26(37)18-8-9-29-25(12-18)36-15-20(16-36)35(4)5/h6-14,20H,15-16H2,1-5H3,(H,30,32)(H,31,34,37). The number of aromatic nitrogens is 5. The van der Waals surface area contributed by atoms with E-state index in [9.17, 15) is 4.79 Å². The zero-order valence-electron chi connectivity index (χ0n) is 21.7. The lowest BCUT2D eigenvalue weighted by Gasteiger charge is -2.43. The first-order valence-corrected chi connectivity index (χ1v) is 12.2. The molecule has 1 aromatic carbocycles. The van der Waals surface area contributed by atoms with E-state index in [2.05, 4.69) is 75.5 Å². The number of anilines is 3. The van der Waals surface area contributed by atoms with E-state index in [1.165, 1.54) is 0 Å². The zero-order valence-corrected chi connectivity index (χ0v) is 21.7. The lowest BCUT2D eigenvalue weighted by Crippen LogP contribution is -2.57. The number of hydrogen-bond donors (Lipinski definition) is 2. The molecule has 10 nitrogen and oxygen atoms in total. The van der Waals surface area contributed by atoms with Gasteiger partial charge in [0.05, 0.1) is 23.6 Å². The Balaban J connectivity index is 1.33. The minimum absolute atomic E-state index is 0.126. The van der Waals surface area contributed by atoms with Crippen LogP contribution in [0.1, 0.15) is 31.1 Å². The molecule has 0 atom stereocenters. The molecule has 4 heterocycles. The number of pyridine rings is 1. The van der Waals surface area contributed by atoms with E-state index < -0.39 is 0 Å². The van der Waals surface area contributed by atoms with Crippen molar-refractivity contribution < 1.29 is 4.79 Å². The number of benzene rings is 1. The number of nitrogens with zero attached hydrogens (tertiary/aromatic N) is 7. The van der Waals surface area contributed by atoms with Gasteiger partial charge in [-0.2, -0.15) is 0 Å². The van der Waals surface area contributed by atoms with Gasteiger partial charge < -0.3 is 20.4 Å². The monoisotopic (exact) mass is 497 g/mol. The fraction of sp³-hybridized carbons (Fsp3) is 0.333. The molecule has 0 spiro atoms. The van der Waals surface area contributed by atoms with Gasteiger partial charge in [0.1, 0.15) is 11.6 Å². The molecule has 10 heteroatoms. The van der Waals surface area contributed by atoms with Crippen LogP contribution in [0.25, 0.3) is 22.2 Å². The van der Waals surface area contributed by atoms with E-state index >= 15 is 0 Å². The third-order valence-corrected chi connectivity index (χ3v) is 6.18. The molecule has 1 aliphatic heterocycles. The number of carbonyl (C=O) groups excluding carboxylic acids is 1. The van der Waals surface area contributed by atoms with Gasteiger partial charge in [-0.15, -0.1) is 10.2 Å². The SMILES string of the molecule is CN(C)C1CN(c2cc(C(=O)Nc3cc4cc(-c5cncc(NC(C)(C)C)n5)ccc4nn3)ccn2)C1.